The van der Waals surface area contributed by atoms with E-state index in [-0.39, 0.29) is 5.75 Å². The maximum atomic E-state index is 11.8. The quantitative estimate of drug-likeness (QED) is 0.540. The van der Waals surface area contributed by atoms with E-state index in [1.807, 2.05) is 4.57 Å². The lowest BCUT2D eigenvalue weighted by molar-refractivity contribution is 0.184. The molecular weight excluding hydrogens is 330 g/mol. The van der Waals surface area contributed by atoms with Gasteiger partial charge < -0.3 is 18.8 Å². The van der Waals surface area contributed by atoms with E-state index in [0.717, 1.165) is 16.1 Å². The zero-order chi connectivity index (χ0) is 17.1. The Hall–Kier alpha value is -2.32. The molecule has 0 amide bonds. The number of thioether (sulfide) groups is 1. The van der Waals surface area contributed by atoms with Crippen molar-refractivity contribution < 1.29 is 14.3 Å². The van der Waals surface area contributed by atoms with E-state index in [1.165, 1.54) is 17.8 Å². The minimum atomic E-state index is -0.437. The summed E-state index contributed by atoms with van der Waals surface area (Å²) in [5.74, 6) is 0.646. The fourth-order valence-corrected chi connectivity index (χ4v) is 3.31. The topological polar surface area (TPSA) is 90.4 Å². The molecule has 0 atom stereocenters. The normalized spacial score (nSPS) is 11.2. The number of hydrogen-bond donors (Lipinski definition) is 1. The third kappa shape index (κ3) is 3.29. The number of fused-ring (bicyclic) bond motifs is 1. The molecule has 1 N–H and O–H groups in total. The van der Waals surface area contributed by atoms with Crippen molar-refractivity contribution in [3.63, 3.8) is 0 Å². The van der Waals surface area contributed by atoms with Gasteiger partial charge in [0, 0.05) is 36.4 Å². The molecule has 1 aromatic carbocycles. The smallest absolute Gasteiger partial charge is 0.336 e. The molecule has 0 unspecified atom stereocenters. The summed E-state index contributed by atoms with van der Waals surface area (Å²) in [4.78, 5) is 11.8. The Labute approximate surface area is 142 Å². The summed E-state index contributed by atoms with van der Waals surface area (Å²) in [6.45, 7) is 2.96. The number of ether oxygens (including phenoxy) is 1. The number of nitrogens with zero attached hydrogens (tertiary/aromatic N) is 3. The van der Waals surface area contributed by atoms with Crippen molar-refractivity contribution in [1.82, 2.24) is 14.8 Å². The summed E-state index contributed by atoms with van der Waals surface area (Å²) in [5.41, 5.74) is 1.36. The first-order valence-corrected chi connectivity index (χ1v) is 8.33. The average Bonchev–Trinajstić information content (AvgIpc) is 3.02. The minimum Gasteiger partial charge on any atom is -0.508 e. The van der Waals surface area contributed by atoms with Crippen LogP contribution in [0.5, 0.6) is 5.75 Å². The van der Waals surface area contributed by atoms with Gasteiger partial charge >= 0.3 is 5.63 Å². The maximum Gasteiger partial charge on any atom is 0.336 e. The van der Waals surface area contributed by atoms with E-state index < -0.39 is 5.63 Å². The Morgan fingerprint density at radius 1 is 1.42 bits per heavy atom. The van der Waals surface area contributed by atoms with E-state index in [9.17, 15) is 9.90 Å². The van der Waals surface area contributed by atoms with Crippen LogP contribution in [0.25, 0.3) is 11.0 Å². The second-order valence-corrected chi connectivity index (χ2v) is 6.21. The van der Waals surface area contributed by atoms with Gasteiger partial charge in [-0.1, -0.05) is 11.8 Å². The standard InChI is InChI=1S/C16H17N3O4S/c1-10-13(20)4-3-12-11(7-14(21)23-15(10)12)8-24-16-18-17-9-19(16)5-6-22-2/h3-4,7,9,20H,5-6,8H2,1-2H3. The van der Waals surface area contributed by atoms with Crippen molar-refractivity contribution >= 4 is 22.7 Å². The first-order chi connectivity index (χ1) is 11.6. The molecule has 0 radical (unpaired) electrons. The zero-order valence-electron chi connectivity index (χ0n) is 13.4. The van der Waals surface area contributed by atoms with Gasteiger partial charge in [-0.25, -0.2) is 4.79 Å². The number of rotatable bonds is 6. The van der Waals surface area contributed by atoms with E-state index in [2.05, 4.69) is 10.2 Å². The monoisotopic (exact) mass is 347 g/mol. The molecule has 0 spiro atoms. The number of phenols is 1. The van der Waals surface area contributed by atoms with Crippen LogP contribution in [0.4, 0.5) is 0 Å². The van der Waals surface area contributed by atoms with Crippen molar-refractivity contribution in [3.05, 3.63) is 46.1 Å². The lowest BCUT2D eigenvalue weighted by Gasteiger charge is -2.09. The largest absolute Gasteiger partial charge is 0.508 e. The van der Waals surface area contributed by atoms with E-state index >= 15 is 0 Å². The third-order valence-electron chi connectivity index (χ3n) is 3.69. The van der Waals surface area contributed by atoms with Crippen molar-refractivity contribution in [2.24, 2.45) is 0 Å². The SMILES string of the molecule is COCCn1cnnc1SCc1cc(=O)oc2c(C)c(O)ccc12. The van der Waals surface area contributed by atoms with Crippen LogP contribution >= 0.6 is 11.8 Å². The molecule has 0 bridgehead atoms. The van der Waals surface area contributed by atoms with Gasteiger partial charge in [0.1, 0.15) is 17.7 Å². The highest BCUT2D eigenvalue weighted by Crippen LogP contribution is 2.30. The van der Waals surface area contributed by atoms with Gasteiger partial charge in [0.25, 0.3) is 0 Å². The number of methoxy groups -OCH3 is 1. The number of hydrogen-bond acceptors (Lipinski definition) is 7. The molecule has 0 saturated carbocycles. The molecule has 3 rings (SSSR count). The molecule has 3 aromatic rings. The second-order valence-electron chi connectivity index (χ2n) is 5.27. The minimum absolute atomic E-state index is 0.106. The average molecular weight is 347 g/mol. The van der Waals surface area contributed by atoms with Gasteiger partial charge in [-0.15, -0.1) is 10.2 Å². The summed E-state index contributed by atoms with van der Waals surface area (Å²) >= 11 is 1.48. The van der Waals surface area contributed by atoms with E-state index in [4.69, 9.17) is 9.15 Å². The Balaban J connectivity index is 1.90. The summed E-state index contributed by atoms with van der Waals surface area (Å²) in [5, 5.41) is 19.4. The Morgan fingerprint density at radius 2 is 2.25 bits per heavy atom. The summed E-state index contributed by atoms with van der Waals surface area (Å²) in [6.07, 6.45) is 1.65. The van der Waals surface area contributed by atoms with Crippen LogP contribution < -0.4 is 5.63 Å². The Morgan fingerprint density at radius 3 is 3.04 bits per heavy atom. The van der Waals surface area contributed by atoms with Gasteiger partial charge in [0.15, 0.2) is 5.16 Å². The van der Waals surface area contributed by atoms with Crippen molar-refractivity contribution in [2.45, 2.75) is 24.4 Å². The predicted molar refractivity (Wildman–Crippen MR) is 90.3 cm³/mol. The summed E-state index contributed by atoms with van der Waals surface area (Å²) < 4.78 is 12.2. The van der Waals surface area contributed by atoms with Crippen molar-refractivity contribution in [2.75, 3.05) is 13.7 Å². The highest BCUT2D eigenvalue weighted by molar-refractivity contribution is 7.98. The van der Waals surface area contributed by atoms with Crippen molar-refractivity contribution in [1.29, 1.82) is 0 Å². The van der Waals surface area contributed by atoms with E-state index in [1.54, 1.807) is 32.5 Å². The first-order valence-electron chi connectivity index (χ1n) is 7.35. The van der Waals surface area contributed by atoms with Crippen LogP contribution in [0.3, 0.4) is 0 Å². The lowest BCUT2D eigenvalue weighted by Crippen LogP contribution is -2.05. The molecular formula is C16H17N3O4S. The number of phenolic OH excluding ortho intramolecular Hbond substituents is 1. The third-order valence-corrected chi connectivity index (χ3v) is 4.72. The van der Waals surface area contributed by atoms with Crippen LogP contribution in [0.2, 0.25) is 0 Å². The maximum absolute atomic E-state index is 11.8. The molecule has 0 aliphatic heterocycles. The van der Waals surface area contributed by atoms with Gasteiger partial charge in [-0.05, 0) is 24.6 Å². The van der Waals surface area contributed by atoms with Crippen LogP contribution in [-0.4, -0.2) is 33.6 Å². The summed E-state index contributed by atoms with van der Waals surface area (Å²) in [6, 6.07) is 4.83. The molecule has 126 valence electrons. The second kappa shape index (κ2) is 7.06. The Bertz CT molecular complexity index is 919. The summed E-state index contributed by atoms with van der Waals surface area (Å²) in [7, 11) is 1.64. The zero-order valence-corrected chi connectivity index (χ0v) is 14.2. The number of aryl methyl sites for hydroxylation is 1. The van der Waals surface area contributed by atoms with Gasteiger partial charge in [0.2, 0.25) is 0 Å². The molecule has 8 heteroatoms. The van der Waals surface area contributed by atoms with Crippen LogP contribution in [-0.2, 0) is 17.0 Å². The molecule has 0 aliphatic carbocycles. The lowest BCUT2D eigenvalue weighted by atomic mass is 10.1. The molecule has 0 aliphatic rings. The predicted octanol–water partition coefficient (Wildman–Crippen LogP) is 2.34. The molecule has 7 nitrogen and oxygen atoms in total. The van der Waals surface area contributed by atoms with E-state index in [0.29, 0.717) is 30.1 Å². The fraction of sp³-hybridized carbons (Fsp3) is 0.312. The molecule has 0 fully saturated rings. The van der Waals surface area contributed by atoms with Crippen LogP contribution in [0.15, 0.2) is 38.9 Å². The fourth-order valence-electron chi connectivity index (χ4n) is 2.38. The number of aromatic hydroxyl groups is 1. The first kappa shape index (κ1) is 16.5. The number of benzene rings is 1. The van der Waals surface area contributed by atoms with Crippen LogP contribution in [0, 0.1) is 6.92 Å². The highest BCUT2D eigenvalue weighted by Gasteiger charge is 2.12. The molecule has 24 heavy (non-hydrogen) atoms. The molecule has 2 heterocycles. The molecule has 2 aromatic heterocycles. The van der Waals surface area contributed by atoms with Gasteiger partial charge in [-0.3, -0.25) is 0 Å². The van der Waals surface area contributed by atoms with Crippen molar-refractivity contribution in [3.8, 4) is 5.75 Å². The van der Waals surface area contributed by atoms with Gasteiger partial charge in [0.05, 0.1) is 6.61 Å². The highest BCUT2D eigenvalue weighted by atomic mass is 32.2. The molecule has 0 saturated heterocycles. The van der Waals surface area contributed by atoms with Crippen LogP contribution in [0.1, 0.15) is 11.1 Å². The van der Waals surface area contributed by atoms with Gasteiger partial charge in [-0.2, -0.15) is 0 Å². The Kier molecular flexibility index (Phi) is 4.86. The number of aromatic nitrogens is 3.